The molecular formula is C17H24N2O3. The lowest BCUT2D eigenvalue weighted by molar-refractivity contribution is 0.0515. The normalized spacial score (nSPS) is 13.1. The van der Waals surface area contributed by atoms with Crippen molar-refractivity contribution in [2.75, 3.05) is 0 Å². The van der Waals surface area contributed by atoms with Gasteiger partial charge in [0.2, 0.25) is 0 Å². The number of hydrogen-bond acceptors (Lipinski definition) is 4. The Hall–Kier alpha value is -2.06. The highest BCUT2D eigenvalue weighted by molar-refractivity contribution is 5.68. The number of nitriles is 1. The minimum Gasteiger partial charge on any atom is -0.444 e. The largest absolute Gasteiger partial charge is 0.444 e. The maximum atomic E-state index is 11.7. The van der Waals surface area contributed by atoms with Crippen molar-refractivity contribution in [2.45, 2.75) is 58.3 Å². The van der Waals surface area contributed by atoms with Crippen molar-refractivity contribution in [1.29, 1.82) is 5.26 Å². The van der Waals surface area contributed by atoms with E-state index in [0.717, 1.165) is 11.1 Å². The van der Waals surface area contributed by atoms with Crippen molar-refractivity contribution in [2.24, 2.45) is 0 Å². The molecule has 0 saturated carbocycles. The van der Waals surface area contributed by atoms with E-state index in [4.69, 9.17) is 10.00 Å². The van der Waals surface area contributed by atoms with Crippen LogP contribution in [0.2, 0.25) is 0 Å². The van der Waals surface area contributed by atoms with Gasteiger partial charge < -0.3 is 15.2 Å². The number of benzene rings is 1. The second-order valence-electron chi connectivity index (χ2n) is 6.79. The third-order valence-electron chi connectivity index (χ3n) is 2.95. The Morgan fingerprint density at radius 1 is 1.27 bits per heavy atom. The Morgan fingerprint density at radius 3 is 2.23 bits per heavy atom. The summed E-state index contributed by atoms with van der Waals surface area (Å²) in [6, 6.07) is 8.70. The molecular weight excluding hydrogens is 280 g/mol. The van der Waals surface area contributed by atoms with Crippen molar-refractivity contribution >= 4 is 6.09 Å². The summed E-state index contributed by atoms with van der Waals surface area (Å²) in [5.74, 6) is 0. The topological polar surface area (TPSA) is 82.3 Å². The first kappa shape index (κ1) is 18.0. The van der Waals surface area contributed by atoms with Crippen LogP contribution in [0.5, 0.6) is 0 Å². The van der Waals surface area contributed by atoms with Crippen molar-refractivity contribution in [3.63, 3.8) is 0 Å². The summed E-state index contributed by atoms with van der Waals surface area (Å²) < 4.78 is 5.14. The van der Waals surface area contributed by atoms with Crippen LogP contribution in [-0.4, -0.2) is 22.8 Å². The van der Waals surface area contributed by atoms with Crippen molar-refractivity contribution in [1.82, 2.24) is 5.32 Å². The van der Waals surface area contributed by atoms with Gasteiger partial charge in [-0.3, -0.25) is 0 Å². The summed E-state index contributed by atoms with van der Waals surface area (Å²) in [7, 11) is 0. The molecule has 2 N–H and O–H groups in total. The second-order valence-corrected chi connectivity index (χ2v) is 6.79. The van der Waals surface area contributed by atoms with Gasteiger partial charge in [-0.15, -0.1) is 0 Å². The lowest BCUT2D eigenvalue weighted by Gasteiger charge is -2.21. The van der Waals surface area contributed by atoms with Gasteiger partial charge in [0.05, 0.1) is 11.7 Å². The zero-order valence-electron chi connectivity index (χ0n) is 13.8. The maximum absolute atomic E-state index is 11.7. The number of aliphatic hydroxyl groups is 1. The molecule has 0 saturated heterocycles. The third-order valence-corrected chi connectivity index (χ3v) is 2.95. The maximum Gasteiger partial charge on any atom is 0.408 e. The zero-order chi connectivity index (χ0) is 17.0. The Morgan fingerprint density at radius 2 is 1.82 bits per heavy atom. The monoisotopic (exact) mass is 304 g/mol. The molecule has 0 fully saturated rings. The van der Waals surface area contributed by atoms with E-state index in [9.17, 15) is 9.90 Å². The van der Waals surface area contributed by atoms with E-state index in [-0.39, 0.29) is 0 Å². The number of hydrogen-bond donors (Lipinski definition) is 2. The molecule has 5 nitrogen and oxygen atoms in total. The Bertz CT molecular complexity index is 545. The number of alkyl carbamates (subject to hydrolysis) is 1. The second kappa shape index (κ2) is 6.80. The van der Waals surface area contributed by atoms with E-state index < -0.39 is 23.3 Å². The minimum absolute atomic E-state index is 0.377. The number of nitrogens with zero attached hydrogens (tertiary/aromatic N) is 1. The summed E-state index contributed by atoms with van der Waals surface area (Å²) in [6.45, 7) is 8.73. The smallest absolute Gasteiger partial charge is 0.408 e. The molecule has 1 rings (SSSR count). The van der Waals surface area contributed by atoms with Gasteiger partial charge >= 0.3 is 6.09 Å². The third kappa shape index (κ3) is 6.15. The Labute approximate surface area is 131 Å². The van der Waals surface area contributed by atoms with E-state index in [0.29, 0.717) is 6.42 Å². The standard InChI is InChI=1S/C17H24N2O3/c1-16(2,3)22-15(20)19-14(11-18)10-12-6-8-13(9-7-12)17(4,5)21/h6-9,14,21H,10H2,1-5H3,(H,19,20)/t14-/m0/s1. The highest BCUT2D eigenvalue weighted by atomic mass is 16.6. The molecule has 0 unspecified atom stereocenters. The predicted molar refractivity (Wildman–Crippen MR) is 84.2 cm³/mol. The van der Waals surface area contributed by atoms with Gasteiger partial charge in [-0.25, -0.2) is 4.79 Å². The van der Waals surface area contributed by atoms with Crippen LogP contribution >= 0.6 is 0 Å². The molecule has 22 heavy (non-hydrogen) atoms. The van der Waals surface area contributed by atoms with Crippen LogP contribution in [0.25, 0.3) is 0 Å². The fourth-order valence-electron chi connectivity index (χ4n) is 1.86. The van der Waals surface area contributed by atoms with Crippen molar-refractivity contribution in [3.8, 4) is 6.07 Å². The molecule has 120 valence electrons. The Kier molecular flexibility index (Phi) is 5.56. The van der Waals surface area contributed by atoms with Crippen LogP contribution in [0.4, 0.5) is 4.79 Å². The summed E-state index contributed by atoms with van der Waals surface area (Å²) in [5.41, 5.74) is 0.195. The summed E-state index contributed by atoms with van der Waals surface area (Å²) in [4.78, 5) is 11.7. The number of nitrogens with one attached hydrogen (secondary N) is 1. The van der Waals surface area contributed by atoms with Crippen LogP contribution in [0.1, 0.15) is 45.7 Å². The first-order valence-electron chi connectivity index (χ1n) is 7.22. The first-order chi connectivity index (χ1) is 10.0. The molecule has 0 aliphatic carbocycles. The van der Waals surface area contributed by atoms with Gasteiger partial charge in [-0.2, -0.15) is 5.26 Å². The summed E-state index contributed by atoms with van der Waals surface area (Å²) >= 11 is 0. The summed E-state index contributed by atoms with van der Waals surface area (Å²) in [6.07, 6.45) is -0.228. The van der Waals surface area contributed by atoms with E-state index in [1.807, 2.05) is 24.3 Å². The molecule has 1 aromatic rings. The highest BCUT2D eigenvalue weighted by Gasteiger charge is 2.20. The molecule has 0 aliphatic heterocycles. The fourth-order valence-corrected chi connectivity index (χ4v) is 1.86. The minimum atomic E-state index is -0.901. The highest BCUT2D eigenvalue weighted by Crippen LogP contribution is 2.20. The number of carbonyl (C=O) groups is 1. The van der Waals surface area contributed by atoms with Gasteiger partial charge in [-0.05, 0) is 45.7 Å². The lowest BCUT2D eigenvalue weighted by Crippen LogP contribution is -2.39. The average molecular weight is 304 g/mol. The van der Waals surface area contributed by atoms with Crippen LogP contribution < -0.4 is 5.32 Å². The molecule has 0 bridgehead atoms. The molecule has 5 heteroatoms. The molecule has 0 aromatic heterocycles. The molecule has 0 spiro atoms. The molecule has 1 atom stereocenters. The van der Waals surface area contributed by atoms with E-state index >= 15 is 0 Å². The van der Waals surface area contributed by atoms with Gasteiger partial charge in [0.25, 0.3) is 0 Å². The van der Waals surface area contributed by atoms with E-state index in [2.05, 4.69) is 11.4 Å². The molecule has 1 amide bonds. The zero-order valence-corrected chi connectivity index (χ0v) is 13.8. The first-order valence-corrected chi connectivity index (χ1v) is 7.22. The molecule has 0 aliphatic rings. The Balaban J connectivity index is 2.67. The van der Waals surface area contributed by atoms with Crippen LogP contribution in [0.3, 0.4) is 0 Å². The predicted octanol–water partition coefficient (Wildman–Crippen LogP) is 2.87. The average Bonchev–Trinajstić information content (AvgIpc) is 2.35. The SMILES string of the molecule is CC(C)(C)OC(=O)N[C@H](C#N)Cc1ccc(C(C)(C)O)cc1. The lowest BCUT2D eigenvalue weighted by atomic mass is 9.96. The van der Waals surface area contributed by atoms with Gasteiger partial charge in [0.15, 0.2) is 0 Å². The molecule has 0 heterocycles. The number of ether oxygens (including phenoxy) is 1. The van der Waals surface area contributed by atoms with Gasteiger partial charge in [-0.1, -0.05) is 24.3 Å². The molecule has 0 radical (unpaired) electrons. The van der Waals surface area contributed by atoms with Crippen LogP contribution in [0, 0.1) is 11.3 Å². The van der Waals surface area contributed by atoms with Gasteiger partial charge in [0, 0.05) is 6.42 Å². The number of rotatable bonds is 4. The van der Waals surface area contributed by atoms with E-state index in [1.54, 1.807) is 34.6 Å². The van der Waals surface area contributed by atoms with E-state index in [1.165, 1.54) is 0 Å². The van der Waals surface area contributed by atoms with Gasteiger partial charge in [0.1, 0.15) is 11.6 Å². The summed E-state index contributed by atoms with van der Waals surface area (Å²) in [5, 5.41) is 21.6. The van der Waals surface area contributed by atoms with Crippen LogP contribution in [0.15, 0.2) is 24.3 Å². The van der Waals surface area contributed by atoms with Crippen LogP contribution in [-0.2, 0) is 16.8 Å². The van der Waals surface area contributed by atoms with Crippen molar-refractivity contribution < 1.29 is 14.6 Å². The fraction of sp³-hybridized carbons (Fsp3) is 0.529. The molecule has 1 aromatic carbocycles. The number of carbonyl (C=O) groups excluding carboxylic acids is 1. The number of amides is 1. The quantitative estimate of drug-likeness (QED) is 0.896. The van der Waals surface area contributed by atoms with Crippen molar-refractivity contribution in [3.05, 3.63) is 35.4 Å².